The Morgan fingerprint density at radius 3 is 2.74 bits per heavy atom. The molecule has 142 valence electrons. The Hall–Kier alpha value is -2.40. The van der Waals surface area contributed by atoms with Crippen LogP contribution in [-0.2, 0) is 10.3 Å². The molecule has 1 amide bonds. The number of ketones is 1. The van der Waals surface area contributed by atoms with Crippen molar-refractivity contribution in [3.05, 3.63) is 58.7 Å². The van der Waals surface area contributed by atoms with Crippen LogP contribution in [0.4, 0.5) is 0 Å². The smallest absolute Gasteiger partial charge is 0.260 e. The molecule has 1 fully saturated rings. The minimum Gasteiger partial charge on any atom is -0.477 e. The van der Waals surface area contributed by atoms with E-state index < -0.39 is 5.54 Å². The predicted molar refractivity (Wildman–Crippen MR) is 104 cm³/mol. The molecule has 1 aliphatic rings. The quantitative estimate of drug-likeness (QED) is 0.770. The highest BCUT2D eigenvalue weighted by molar-refractivity contribution is 6.31. The summed E-state index contributed by atoms with van der Waals surface area (Å²) < 4.78 is 5.52. The lowest BCUT2D eigenvalue weighted by Gasteiger charge is -2.44. The van der Waals surface area contributed by atoms with Crippen LogP contribution in [0.1, 0.15) is 48.5 Å². The molecule has 1 aromatic carbocycles. The first kappa shape index (κ1) is 19.4. The van der Waals surface area contributed by atoms with Crippen LogP contribution in [0.3, 0.4) is 0 Å². The normalized spacial score (nSPS) is 19.6. The lowest BCUT2D eigenvalue weighted by molar-refractivity contribution is -0.132. The van der Waals surface area contributed by atoms with E-state index in [-0.39, 0.29) is 17.6 Å². The van der Waals surface area contributed by atoms with E-state index in [2.05, 4.69) is 4.98 Å². The Balaban J connectivity index is 2.10. The number of hydrogen-bond acceptors (Lipinski definition) is 4. The lowest BCUT2D eigenvalue weighted by atomic mass is 9.74. The third kappa shape index (κ3) is 3.44. The summed E-state index contributed by atoms with van der Waals surface area (Å²) in [6.07, 6.45) is 4.22. The molecule has 1 heterocycles. The molecule has 1 aliphatic carbocycles. The molecule has 0 N–H and O–H groups in total. The number of hydrogen-bond donors (Lipinski definition) is 0. The van der Waals surface area contributed by atoms with Gasteiger partial charge in [0.1, 0.15) is 11.1 Å². The first-order valence-corrected chi connectivity index (χ1v) is 9.54. The van der Waals surface area contributed by atoms with E-state index in [1.165, 1.54) is 4.90 Å². The third-order valence-corrected chi connectivity index (χ3v) is 5.46. The fourth-order valence-corrected chi connectivity index (χ4v) is 4.08. The van der Waals surface area contributed by atoms with Crippen LogP contribution in [0.2, 0.25) is 5.02 Å². The first-order valence-electron chi connectivity index (χ1n) is 9.16. The minimum atomic E-state index is -1.08. The number of ether oxygens (including phenoxy) is 1. The van der Waals surface area contributed by atoms with Gasteiger partial charge in [0.2, 0.25) is 5.88 Å². The molecule has 27 heavy (non-hydrogen) atoms. The number of carbonyl (C=O) groups excluding carboxylic acids is 2. The van der Waals surface area contributed by atoms with Crippen LogP contribution < -0.4 is 4.74 Å². The van der Waals surface area contributed by atoms with E-state index in [4.69, 9.17) is 16.3 Å². The molecule has 1 saturated carbocycles. The van der Waals surface area contributed by atoms with Gasteiger partial charge in [-0.25, -0.2) is 4.98 Å². The van der Waals surface area contributed by atoms with Gasteiger partial charge in [-0.05, 0) is 44.4 Å². The number of benzene rings is 1. The molecule has 0 saturated heterocycles. The highest BCUT2D eigenvalue weighted by Gasteiger charge is 2.48. The van der Waals surface area contributed by atoms with Crippen molar-refractivity contribution >= 4 is 23.3 Å². The summed E-state index contributed by atoms with van der Waals surface area (Å²) in [6, 6.07) is 10.6. The van der Waals surface area contributed by atoms with Crippen molar-refractivity contribution in [1.29, 1.82) is 0 Å². The second-order valence-electron chi connectivity index (χ2n) is 6.62. The number of halogens is 1. The molecule has 3 rings (SSSR count). The summed E-state index contributed by atoms with van der Waals surface area (Å²) in [5.41, 5.74) is -0.0618. The summed E-state index contributed by atoms with van der Waals surface area (Å²) >= 11 is 6.46. The molecule has 0 aliphatic heterocycles. The van der Waals surface area contributed by atoms with Gasteiger partial charge in [-0.2, -0.15) is 0 Å². The molecule has 1 aromatic heterocycles. The van der Waals surface area contributed by atoms with Crippen LogP contribution in [0.5, 0.6) is 5.88 Å². The van der Waals surface area contributed by atoms with Gasteiger partial charge in [0.05, 0.1) is 6.61 Å². The SMILES string of the molecule is CCOc1ncccc1C(=O)N(C)C1(c2ccccc2Cl)CCCCC1=O. The van der Waals surface area contributed by atoms with E-state index in [1.54, 1.807) is 31.4 Å². The average Bonchev–Trinajstić information content (AvgIpc) is 2.69. The summed E-state index contributed by atoms with van der Waals surface area (Å²) in [7, 11) is 1.66. The maximum Gasteiger partial charge on any atom is 0.260 e. The van der Waals surface area contributed by atoms with Gasteiger partial charge in [0, 0.05) is 30.3 Å². The van der Waals surface area contributed by atoms with Crippen molar-refractivity contribution in [2.24, 2.45) is 0 Å². The van der Waals surface area contributed by atoms with Gasteiger partial charge in [0.15, 0.2) is 5.78 Å². The lowest BCUT2D eigenvalue weighted by Crippen LogP contribution is -2.54. The van der Waals surface area contributed by atoms with E-state index >= 15 is 0 Å². The molecule has 1 unspecified atom stereocenters. The van der Waals surface area contributed by atoms with E-state index in [0.29, 0.717) is 35.6 Å². The maximum absolute atomic E-state index is 13.4. The number of carbonyl (C=O) groups is 2. The molecule has 5 nitrogen and oxygen atoms in total. The standard InChI is InChI=1S/C21H23ClN2O3/c1-3-27-19-15(9-8-14-23-19)20(26)24(2)21(13-7-6-12-18(21)25)16-10-4-5-11-17(16)22/h4-5,8-11,14H,3,6-7,12-13H2,1-2H3. The Kier molecular flexibility index (Phi) is 5.80. The highest BCUT2D eigenvalue weighted by atomic mass is 35.5. The summed E-state index contributed by atoms with van der Waals surface area (Å²) in [5.74, 6) is -0.0179. The third-order valence-electron chi connectivity index (χ3n) is 5.13. The zero-order chi connectivity index (χ0) is 19.4. The van der Waals surface area contributed by atoms with Gasteiger partial charge < -0.3 is 9.64 Å². The van der Waals surface area contributed by atoms with Crippen molar-refractivity contribution in [2.75, 3.05) is 13.7 Å². The van der Waals surface area contributed by atoms with E-state index in [0.717, 1.165) is 12.8 Å². The first-order chi connectivity index (χ1) is 13.0. The zero-order valence-electron chi connectivity index (χ0n) is 15.6. The van der Waals surface area contributed by atoms with Crippen LogP contribution in [0, 0.1) is 0 Å². The van der Waals surface area contributed by atoms with Crippen LogP contribution in [-0.4, -0.2) is 35.2 Å². The Bertz CT molecular complexity index is 855. The summed E-state index contributed by atoms with van der Waals surface area (Å²) in [5, 5.41) is 0.489. The molecule has 0 spiro atoms. The highest BCUT2D eigenvalue weighted by Crippen LogP contribution is 2.43. The largest absolute Gasteiger partial charge is 0.477 e. The summed E-state index contributed by atoms with van der Waals surface area (Å²) in [4.78, 5) is 32.2. The van der Waals surface area contributed by atoms with Crippen LogP contribution in [0.25, 0.3) is 0 Å². The van der Waals surface area contributed by atoms with Crippen LogP contribution in [0.15, 0.2) is 42.6 Å². The molecule has 1 atom stereocenters. The molecular formula is C21H23ClN2O3. The second-order valence-corrected chi connectivity index (χ2v) is 7.03. The van der Waals surface area contributed by atoms with E-state index in [1.807, 2.05) is 25.1 Å². The summed E-state index contributed by atoms with van der Waals surface area (Å²) in [6.45, 7) is 2.23. The Labute approximate surface area is 164 Å². The number of Topliss-reactive ketones (excluding diaryl/α,β-unsaturated/α-hetero) is 1. The fourth-order valence-electron chi connectivity index (χ4n) is 3.79. The molecule has 6 heteroatoms. The zero-order valence-corrected chi connectivity index (χ0v) is 16.3. The Morgan fingerprint density at radius 2 is 2.04 bits per heavy atom. The minimum absolute atomic E-state index is 0.0135. The van der Waals surface area contributed by atoms with Gasteiger partial charge >= 0.3 is 0 Å². The average molecular weight is 387 g/mol. The maximum atomic E-state index is 13.4. The molecule has 2 aromatic rings. The van der Waals surface area contributed by atoms with Crippen molar-refractivity contribution in [2.45, 2.75) is 38.1 Å². The molecule has 0 bridgehead atoms. The van der Waals surface area contributed by atoms with Gasteiger partial charge in [0.25, 0.3) is 5.91 Å². The fraction of sp³-hybridized carbons (Fsp3) is 0.381. The number of likely N-dealkylation sites (N-methyl/N-ethyl adjacent to an activating group) is 1. The topological polar surface area (TPSA) is 59.5 Å². The number of aromatic nitrogens is 1. The molecular weight excluding hydrogens is 364 g/mol. The molecule has 0 radical (unpaired) electrons. The second kappa shape index (κ2) is 8.09. The van der Waals surface area contributed by atoms with E-state index in [9.17, 15) is 9.59 Å². The monoisotopic (exact) mass is 386 g/mol. The van der Waals surface area contributed by atoms with Gasteiger partial charge in [-0.3, -0.25) is 9.59 Å². The number of amides is 1. The number of rotatable bonds is 5. The van der Waals surface area contributed by atoms with Crippen molar-refractivity contribution in [3.63, 3.8) is 0 Å². The van der Waals surface area contributed by atoms with Crippen LogP contribution >= 0.6 is 11.6 Å². The van der Waals surface area contributed by atoms with Crippen molar-refractivity contribution < 1.29 is 14.3 Å². The number of pyridine rings is 1. The van der Waals surface area contributed by atoms with Crippen molar-refractivity contribution in [3.8, 4) is 5.88 Å². The van der Waals surface area contributed by atoms with Gasteiger partial charge in [-0.1, -0.05) is 29.8 Å². The van der Waals surface area contributed by atoms with Gasteiger partial charge in [-0.15, -0.1) is 0 Å². The van der Waals surface area contributed by atoms with Crippen molar-refractivity contribution in [1.82, 2.24) is 9.88 Å². The predicted octanol–water partition coefficient (Wildman–Crippen LogP) is 4.24. The Morgan fingerprint density at radius 1 is 1.26 bits per heavy atom. The number of nitrogens with zero attached hydrogens (tertiary/aromatic N) is 2.